The summed E-state index contributed by atoms with van der Waals surface area (Å²) < 4.78 is 1.02. The van der Waals surface area contributed by atoms with E-state index in [0.717, 1.165) is 28.7 Å². The fourth-order valence-corrected chi connectivity index (χ4v) is 1.79. The van der Waals surface area contributed by atoms with E-state index in [0.29, 0.717) is 0 Å². The Balaban J connectivity index is 0.00000128. The molecule has 0 bridgehead atoms. The first-order valence-corrected chi connectivity index (χ1v) is 5.76. The number of rotatable bonds is 2. The van der Waals surface area contributed by atoms with E-state index >= 15 is 0 Å². The lowest BCUT2D eigenvalue weighted by molar-refractivity contribution is -0.119. The van der Waals surface area contributed by atoms with Crippen LogP contribution in [0.2, 0.25) is 0 Å². The summed E-state index contributed by atoms with van der Waals surface area (Å²) in [6.45, 7) is 2.96. The standard InChI is InChI=1S/C11H13BrN2O.ClH/c1-7-2-3-8(6-9(7)12)14-11(15)10-4-5-13-10;/h2-3,6,10,13H,4-5H2,1H3,(H,14,15);1H/t10-;/m1./s1. The first kappa shape index (κ1) is 13.5. The maximum absolute atomic E-state index is 11.6. The average molecular weight is 306 g/mol. The number of hydrogen-bond acceptors (Lipinski definition) is 2. The molecule has 2 N–H and O–H groups in total. The molecule has 3 nitrogen and oxygen atoms in total. The number of halogens is 2. The lowest BCUT2D eigenvalue weighted by Gasteiger charge is -2.26. The highest BCUT2D eigenvalue weighted by atomic mass is 79.9. The Morgan fingerprint density at radius 1 is 1.56 bits per heavy atom. The highest BCUT2D eigenvalue weighted by Gasteiger charge is 2.24. The zero-order chi connectivity index (χ0) is 10.8. The average Bonchev–Trinajstić information content (AvgIpc) is 2.08. The van der Waals surface area contributed by atoms with Gasteiger partial charge in [-0.05, 0) is 37.6 Å². The van der Waals surface area contributed by atoms with Gasteiger partial charge in [0.05, 0.1) is 6.04 Å². The molecule has 1 fully saturated rings. The summed E-state index contributed by atoms with van der Waals surface area (Å²) in [6.07, 6.45) is 0.929. The molecule has 0 radical (unpaired) electrons. The van der Waals surface area contributed by atoms with Crippen LogP contribution >= 0.6 is 28.3 Å². The second-order valence-corrected chi connectivity index (χ2v) is 4.60. The van der Waals surface area contributed by atoms with Crippen LogP contribution in [0.1, 0.15) is 12.0 Å². The van der Waals surface area contributed by atoms with Crippen LogP contribution in [-0.4, -0.2) is 18.5 Å². The molecule has 1 amide bonds. The van der Waals surface area contributed by atoms with Crippen molar-refractivity contribution < 1.29 is 4.79 Å². The Labute approximate surface area is 110 Å². The van der Waals surface area contributed by atoms with Gasteiger partial charge in [-0.2, -0.15) is 0 Å². The van der Waals surface area contributed by atoms with Crippen LogP contribution in [0.4, 0.5) is 5.69 Å². The van der Waals surface area contributed by atoms with Gasteiger partial charge in [0.25, 0.3) is 0 Å². The predicted molar refractivity (Wildman–Crippen MR) is 71.2 cm³/mol. The second kappa shape index (κ2) is 5.66. The third-order valence-electron chi connectivity index (χ3n) is 2.58. The van der Waals surface area contributed by atoms with Gasteiger partial charge in [0.1, 0.15) is 0 Å². The van der Waals surface area contributed by atoms with Crippen molar-refractivity contribution in [3.05, 3.63) is 28.2 Å². The first-order valence-electron chi connectivity index (χ1n) is 4.97. The van der Waals surface area contributed by atoms with Gasteiger partial charge in [0.2, 0.25) is 5.91 Å². The fraction of sp³-hybridized carbons (Fsp3) is 0.364. The molecule has 0 saturated carbocycles. The topological polar surface area (TPSA) is 41.1 Å². The minimum atomic E-state index is -0.00919. The molecule has 88 valence electrons. The number of benzene rings is 1. The predicted octanol–water partition coefficient (Wildman–Crippen LogP) is 2.48. The van der Waals surface area contributed by atoms with E-state index in [1.54, 1.807) is 0 Å². The van der Waals surface area contributed by atoms with Crippen molar-refractivity contribution in [1.29, 1.82) is 0 Å². The first-order chi connectivity index (χ1) is 7.16. The molecule has 2 rings (SSSR count). The van der Waals surface area contributed by atoms with Crippen LogP contribution in [0.15, 0.2) is 22.7 Å². The molecule has 1 aromatic rings. The van der Waals surface area contributed by atoms with Crippen molar-refractivity contribution in [2.75, 3.05) is 11.9 Å². The van der Waals surface area contributed by atoms with Crippen LogP contribution < -0.4 is 10.6 Å². The van der Waals surface area contributed by atoms with Crippen molar-refractivity contribution in [2.24, 2.45) is 0 Å². The monoisotopic (exact) mass is 304 g/mol. The summed E-state index contributed by atoms with van der Waals surface area (Å²) in [5.41, 5.74) is 2.00. The molecule has 16 heavy (non-hydrogen) atoms. The number of carbonyl (C=O) groups excluding carboxylic acids is 1. The third-order valence-corrected chi connectivity index (χ3v) is 3.43. The Kier molecular flexibility index (Phi) is 4.77. The van der Waals surface area contributed by atoms with E-state index < -0.39 is 0 Å². The molecule has 0 aromatic heterocycles. The molecule has 1 saturated heterocycles. The molecule has 1 aromatic carbocycles. The lowest BCUT2D eigenvalue weighted by Crippen LogP contribution is -2.50. The molecule has 0 aliphatic carbocycles. The second-order valence-electron chi connectivity index (χ2n) is 3.75. The molecule has 5 heteroatoms. The number of nitrogens with one attached hydrogen (secondary N) is 2. The van der Waals surface area contributed by atoms with E-state index in [-0.39, 0.29) is 24.4 Å². The Bertz CT molecular complexity index is 394. The quantitative estimate of drug-likeness (QED) is 0.881. The maximum Gasteiger partial charge on any atom is 0.241 e. The van der Waals surface area contributed by atoms with Gasteiger partial charge in [-0.15, -0.1) is 12.4 Å². The van der Waals surface area contributed by atoms with Gasteiger partial charge in [-0.3, -0.25) is 4.79 Å². The maximum atomic E-state index is 11.6. The van der Waals surface area contributed by atoms with Crippen molar-refractivity contribution in [3.63, 3.8) is 0 Å². The smallest absolute Gasteiger partial charge is 0.241 e. The normalized spacial score (nSPS) is 18.2. The minimum Gasteiger partial charge on any atom is -0.325 e. The third kappa shape index (κ3) is 2.97. The van der Waals surface area contributed by atoms with Gasteiger partial charge >= 0.3 is 0 Å². The number of aryl methyl sites for hydroxylation is 1. The van der Waals surface area contributed by atoms with Crippen molar-refractivity contribution in [3.8, 4) is 0 Å². The summed E-state index contributed by atoms with van der Waals surface area (Å²) in [6, 6.07) is 5.81. The number of anilines is 1. The van der Waals surface area contributed by atoms with Gasteiger partial charge in [0, 0.05) is 10.2 Å². The summed E-state index contributed by atoms with van der Waals surface area (Å²) in [5, 5.41) is 5.95. The number of carbonyl (C=O) groups is 1. The zero-order valence-electron chi connectivity index (χ0n) is 8.92. The molecule has 1 atom stereocenters. The van der Waals surface area contributed by atoms with E-state index in [9.17, 15) is 4.79 Å². The summed E-state index contributed by atoms with van der Waals surface area (Å²) in [5.74, 6) is 0.0528. The number of amides is 1. The highest BCUT2D eigenvalue weighted by Crippen LogP contribution is 2.21. The lowest BCUT2D eigenvalue weighted by atomic mass is 10.1. The van der Waals surface area contributed by atoms with Crippen LogP contribution in [-0.2, 0) is 4.79 Å². The van der Waals surface area contributed by atoms with Crippen molar-refractivity contribution >= 4 is 39.9 Å². The Morgan fingerprint density at radius 2 is 2.25 bits per heavy atom. The summed E-state index contributed by atoms with van der Waals surface area (Å²) >= 11 is 3.44. The summed E-state index contributed by atoms with van der Waals surface area (Å²) in [7, 11) is 0. The Morgan fingerprint density at radius 3 is 2.75 bits per heavy atom. The van der Waals surface area contributed by atoms with Crippen molar-refractivity contribution in [1.82, 2.24) is 5.32 Å². The van der Waals surface area contributed by atoms with E-state index in [2.05, 4.69) is 26.6 Å². The largest absolute Gasteiger partial charge is 0.325 e. The Hall–Kier alpha value is -0.580. The van der Waals surface area contributed by atoms with Gasteiger partial charge < -0.3 is 10.6 Å². The van der Waals surface area contributed by atoms with Crippen LogP contribution in [0.3, 0.4) is 0 Å². The summed E-state index contributed by atoms with van der Waals surface area (Å²) in [4.78, 5) is 11.6. The molecule has 1 heterocycles. The molecular weight excluding hydrogens is 291 g/mol. The molecule has 0 unspecified atom stereocenters. The van der Waals surface area contributed by atoms with Crippen LogP contribution in [0.5, 0.6) is 0 Å². The highest BCUT2D eigenvalue weighted by molar-refractivity contribution is 9.10. The van der Waals surface area contributed by atoms with Gasteiger partial charge in [0.15, 0.2) is 0 Å². The SMILES string of the molecule is Cc1ccc(NC(=O)[C@H]2CCN2)cc1Br.Cl. The van der Waals surface area contributed by atoms with E-state index in [1.807, 2.05) is 25.1 Å². The zero-order valence-corrected chi connectivity index (χ0v) is 11.3. The minimum absolute atomic E-state index is 0. The number of hydrogen-bond donors (Lipinski definition) is 2. The molecule has 0 spiro atoms. The van der Waals surface area contributed by atoms with E-state index in [1.165, 1.54) is 0 Å². The molecule has 1 aliphatic heterocycles. The van der Waals surface area contributed by atoms with Crippen molar-refractivity contribution in [2.45, 2.75) is 19.4 Å². The van der Waals surface area contributed by atoms with Gasteiger partial charge in [-0.1, -0.05) is 22.0 Å². The van der Waals surface area contributed by atoms with Crippen LogP contribution in [0, 0.1) is 6.92 Å². The van der Waals surface area contributed by atoms with E-state index in [4.69, 9.17) is 0 Å². The molecule has 1 aliphatic rings. The molecular formula is C11H14BrClN2O. The van der Waals surface area contributed by atoms with Gasteiger partial charge in [-0.25, -0.2) is 0 Å². The van der Waals surface area contributed by atoms with Crippen LogP contribution in [0.25, 0.3) is 0 Å². The fourth-order valence-electron chi connectivity index (χ4n) is 1.41.